The molecule has 1 N–H and O–H groups in total. The third-order valence-corrected chi connectivity index (χ3v) is 3.18. The predicted octanol–water partition coefficient (Wildman–Crippen LogP) is 4.84. The summed E-state index contributed by atoms with van der Waals surface area (Å²) in [5.74, 6) is 1.11. The maximum Gasteiger partial charge on any atom is 0.416 e. The first kappa shape index (κ1) is 15.1. The molecule has 1 aromatic carbocycles. The Bertz CT molecular complexity index is 592. The monoisotopic (exact) mass is 347 g/mol. The van der Waals surface area contributed by atoms with Crippen molar-refractivity contribution in [1.82, 2.24) is 5.32 Å². The van der Waals surface area contributed by atoms with Gasteiger partial charge in [-0.3, -0.25) is 0 Å². The summed E-state index contributed by atoms with van der Waals surface area (Å²) < 4.78 is 44.2. The van der Waals surface area contributed by atoms with Gasteiger partial charge in [0.1, 0.15) is 11.5 Å². The summed E-state index contributed by atoms with van der Waals surface area (Å²) in [5, 5.41) is 3.09. The van der Waals surface area contributed by atoms with Crippen LogP contribution in [0.5, 0.6) is 0 Å². The molecule has 0 fully saturated rings. The van der Waals surface area contributed by atoms with Crippen LogP contribution in [0.1, 0.15) is 18.2 Å². The van der Waals surface area contributed by atoms with Crippen molar-refractivity contribution < 1.29 is 17.6 Å². The summed E-state index contributed by atoms with van der Waals surface area (Å²) in [6.07, 6.45) is -4.38. The van der Waals surface area contributed by atoms with Crippen LogP contribution in [0.3, 0.4) is 0 Å². The quantitative estimate of drug-likeness (QED) is 0.856. The van der Waals surface area contributed by atoms with Crippen LogP contribution in [0.25, 0.3) is 11.3 Å². The fraction of sp³-hybridized carbons (Fsp3) is 0.286. The first-order chi connectivity index (χ1) is 9.40. The van der Waals surface area contributed by atoms with Crippen molar-refractivity contribution in [3.63, 3.8) is 0 Å². The minimum Gasteiger partial charge on any atom is -0.460 e. The van der Waals surface area contributed by atoms with Gasteiger partial charge in [0.05, 0.1) is 12.1 Å². The Morgan fingerprint density at radius 2 is 1.95 bits per heavy atom. The van der Waals surface area contributed by atoms with Crippen LogP contribution in [-0.2, 0) is 12.7 Å². The molecule has 0 amide bonds. The molecule has 0 radical (unpaired) electrons. The van der Waals surface area contributed by atoms with Crippen LogP contribution in [-0.4, -0.2) is 6.54 Å². The van der Waals surface area contributed by atoms with Crippen LogP contribution < -0.4 is 5.32 Å². The topological polar surface area (TPSA) is 25.2 Å². The second-order valence-electron chi connectivity index (χ2n) is 4.27. The zero-order chi connectivity index (χ0) is 14.8. The minimum absolute atomic E-state index is 0.368. The van der Waals surface area contributed by atoms with Crippen LogP contribution >= 0.6 is 15.9 Å². The van der Waals surface area contributed by atoms with Crippen molar-refractivity contribution in [3.8, 4) is 11.3 Å². The lowest BCUT2D eigenvalue weighted by molar-refractivity contribution is -0.137. The highest BCUT2D eigenvalue weighted by Crippen LogP contribution is 2.35. The van der Waals surface area contributed by atoms with Gasteiger partial charge < -0.3 is 9.73 Å². The molecule has 6 heteroatoms. The van der Waals surface area contributed by atoms with E-state index in [0.717, 1.165) is 18.7 Å². The average molecular weight is 348 g/mol. The summed E-state index contributed by atoms with van der Waals surface area (Å²) in [6.45, 7) is 3.32. The van der Waals surface area contributed by atoms with Gasteiger partial charge in [0, 0.05) is 10.0 Å². The number of hydrogen-bond acceptors (Lipinski definition) is 2. The lowest BCUT2D eigenvalue weighted by Crippen LogP contribution is -2.10. The fourth-order valence-electron chi connectivity index (χ4n) is 1.77. The second-order valence-corrected chi connectivity index (χ2v) is 5.19. The molecular weight excluding hydrogens is 335 g/mol. The molecule has 0 aliphatic heterocycles. The minimum atomic E-state index is -4.38. The molecule has 0 aliphatic carbocycles. The van der Waals surface area contributed by atoms with E-state index in [1.54, 1.807) is 18.2 Å². The zero-order valence-electron chi connectivity index (χ0n) is 10.7. The Balaban J connectivity index is 2.32. The smallest absolute Gasteiger partial charge is 0.416 e. The van der Waals surface area contributed by atoms with E-state index in [1.165, 1.54) is 0 Å². The second kappa shape index (κ2) is 6.01. The normalized spacial score (nSPS) is 11.8. The molecule has 2 aromatic rings. The van der Waals surface area contributed by atoms with E-state index >= 15 is 0 Å². The molecule has 0 atom stereocenters. The molecule has 1 heterocycles. The Morgan fingerprint density at radius 3 is 2.60 bits per heavy atom. The molecule has 0 aliphatic rings. The van der Waals surface area contributed by atoms with E-state index in [1.807, 2.05) is 6.92 Å². The van der Waals surface area contributed by atoms with Crippen LogP contribution in [0.15, 0.2) is 39.2 Å². The van der Waals surface area contributed by atoms with Gasteiger partial charge in [0.15, 0.2) is 0 Å². The summed E-state index contributed by atoms with van der Waals surface area (Å²) in [4.78, 5) is 0. The van der Waals surface area contributed by atoms with Crippen molar-refractivity contribution in [3.05, 3.63) is 46.1 Å². The van der Waals surface area contributed by atoms with E-state index in [0.29, 0.717) is 28.1 Å². The largest absolute Gasteiger partial charge is 0.460 e. The van der Waals surface area contributed by atoms with Gasteiger partial charge in [-0.25, -0.2) is 0 Å². The highest BCUT2D eigenvalue weighted by atomic mass is 79.9. The van der Waals surface area contributed by atoms with Gasteiger partial charge >= 0.3 is 6.18 Å². The number of rotatable bonds is 4. The van der Waals surface area contributed by atoms with Crippen LogP contribution in [0, 0.1) is 0 Å². The third-order valence-electron chi connectivity index (χ3n) is 2.72. The standard InChI is InChI=1S/C14H13BrF3NO/c1-2-19-8-12-3-4-13(20-12)9-5-10(14(16,17)18)7-11(15)6-9/h3-7,19H,2,8H2,1H3. The molecule has 0 bridgehead atoms. The van der Waals surface area contributed by atoms with Crippen molar-refractivity contribution in [1.29, 1.82) is 0 Å². The molecule has 20 heavy (non-hydrogen) atoms. The lowest BCUT2D eigenvalue weighted by Gasteiger charge is -2.09. The van der Waals surface area contributed by atoms with Crippen LogP contribution in [0.4, 0.5) is 13.2 Å². The van der Waals surface area contributed by atoms with Gasteiger partial charge in [0.25, 0.3) is 0 Å². The SMILES string of the molecule is CCNCc1ccc(-c2cc(Br)cc(C(F)(F)F)c2)o1. The molecule has 2 rings (SSSR count). The number of alkyl halides is 3. The Hall–Kier alpha value is -1.27. The maximum atomic E-state index is 12.8. The van der Waals surface area contributed by atoms with Crippen molar-refractivity contribution in [2.45, 2.75) is 19.6 Å². The number of furan rings is 1. The number of nitrogens with one attached hydrogen (secondary N) is 1. The highest BCUT2D eigenvalue weighted by Gasteiger charge is 2.31. The van der Waals surface area contributed by atoms with Crippen LogP contribution in [0.2, 0.25) is 0 Å². The van der Waals surface area contributed by atoms with E-state index in [4.69, 9.17) is 4.42 Å². The molecule has 0 saturated heterocycles. The predicted molar refractivity (Wildman–Crippen MR) is 74.2 cm³/mol. The molecule has 0 unspecified atom stereocenters. The van der Waals surface area contributed by atoms with Gasteiger partial charge in [-0.15, -0.1) is 0 Å². The summed E-state index contributed by atoms with van der Waals surface area (Å²) >= 11 is 3.10. The van der Waals surface area contributed by atoms with Crippen molar-refractivity contribution >= 4 is 15.9 Å². The third kappa shape index (κ3) is 3.64. The molecular formula is C14H13BrF3NO. The summed E-state index contributed by atoms with van der Waals surface area (Å²) in [6, 6.07) is 7.17. The maximum absolute atomic E-state index is 12.8. The molecule has 2 nitrogen and oxygen atoms in total. The zero-order valence-corrected chi connectivity index (χ0v) is 12.3. The lowest BCUT2D eigenvalue weighted by atomic mass is 10.1. The number of benzene rings is 1. The first-order valence-electron chi connectivity index (χ1n) is 6.07. The first-order valence-corrected chi connectivity index (χ1v) is 6.87. The summed E-state index contributed by atoms with van der Waals surface area (Å²) in [5.41, 5.74) is -0.305. The number of halogens is 4. The van der Waals surface area contributed by atoms with Gasteiger partial charge in [-0.05, 0) is 36.9 Å². The number of hydrogen-bond donors (Lipinski definition) is 1. The van der Waals surface area contributed by atoms with E-state index in [9.17, 15) is 13.2 Å². The van der Waals surface area contributed by atoms with Gasteiger partial charge in [-0.2, -0.15) is 13.2 Å². The van der Waals surface area contributed by atoms with Gasteiger partial charge in [0.2, 0.25) is 0 Å². The molecule has 0 saturated carbocycles. The molecule has 0 spiro atoms. The molecule has 108 valence electrons. The van der Waals surface area contributed by atoms with Gasteiger partial charge in [-0.1, -0.05) is 22.9 Å². The average Bonchev–Trinajstić information content (AvgIpc) is 2.83. The Kier molecular flexibility index (Phi) is 4.55. The Morgan fingerprint density at radius 1 is 1.20 bits per heavy atom. The van der Waals surface area contributed by atoms with Crippen molar-refractivity contribution in [2.75, 3.05) is 6.54 Å². The highest BCUT2D eigenvalue weighted by molar-refractivity contribution is 9.10. The summed E-state index contributed by atoms with van der Waals surface area (Å²) in [7, 11) is 0. The van der Waals surface area contributed by atoms with Crippen molar-refractivity contribution in [2.24, 2.45) is 0 Å². The molecule has 1 aromatic heterocycles. The van der Waals surface area contributed by atoms with E-state index < -0.39 is 11.7 Å². The fourth-order valence-corrected chi connectivity index (χ4v) is 2.27. The van der Waals surface area contributed by atoms with E-state index in [2.05, 4.69) is 21.2 Å². The van der Waals surface area contributed by atoms with E-state index in [-0.39, 0.29) is 0 Å². The Labute approximate surface area is 123 Å².